The van der Waals surface area contributed by atoms with Crippen molar-refractivity contribution in [3.63, 3.8) is 0 Å². The maximum Gasteiger partial charge on any atom is 0.387 e. The Morgan fingerprint density at radius 2 is 1.96 bits per heavy atom. The predicted molar refractivity (Wildman–Crippen MR) is 93.8 cm³/mol. The summed E-state index contributed by atoms with van der Waals surface area (Å²) in [5.74, 6) is -2.84. The number of halogens is 3. The van der Waals surface area contributed by atoms with Crippen LogP contribution in [-0.4, -0.2) is 34.6 Å². The number of aromatic nitrogens is 1. The van der Waals surface area contributed by atoms with Crippen LogP contribution in [0.15, 0.2) is 24.4 Å². The molecule has 3 rings (SSSR count). The molecule has 2 aromatic rings. The second-order valence-corrected chi connectivity index (χ2v) is 7.19. The minimum atomic E-state index is -3.16. The van der Waals surface area contributed by atoms with Crippen LogP contribution in [0.3, 0.4) is 0 Å². The number of pyridine rings is 1. The number of alkyl halides is 2. The minimum absolute atomic E-state index is 0.158. The fourth-order valence-electron chi connectivity index (χ4n) is 3.32. The maximum atomic E-state index is 13.9. The number of carbonyl (C=O) groups excluding carboxylic acids is 1. The zero-order valence-electron chi connectivity index (χ0n) is 15.0. The van der Waals surface area contributed by atoms with E-state index >= 15 is 0 Å². The molecule has 1 aliphatic carbocycles. The number of fused-ring (bicyclic) bond motifs is 1. The van der Waals surface area contributed by atoms with Gasteiger partial charge in [0.15, 0.2) is 11.6 Å². The highest BCUT2D eigenvalue weighted by Crippen LogP contribution is 2.36. The molecule has 0 spiro atoms. The van der Waals surface area contributed by atoms with Crippen LogP contribution < -0.4 is 10.1 Å². The molecule has 1 heterocycles. The minimum Gasteiger partial charge on any atom is -0.481 e. The quantitative estimate of drug-likeness (QED) is 0.804. The molecule has 1 aromatic carbocycles. The van der Waals surface area contributed by atoms with E-state index in [0.717, 1.165) is 12.1 Å². The van der Waals surface area contributed by atoms with Gasteiger partial charge in [0.1, 0.15) is 0 Å². The van der Waals surface area contributed by atoms with E-state index in [1.54, 1.807) is 6.92 Å². The fraction of sp³-hybridized carbons (Fsp3) is 0.421. The number of benzene rings is 1. The molecular weight excluding hydrogens is 377 g/mol. The van der Waals surface area contributed by atoms with E-state index in [1.807, 2.05) is 0 Å². The van der Waals surface area contributed by atoms with Gasteiger partial charge >= 0.3 is 12.6 Å². The van der Waals surface area contributed by atoms with Crippen molar-refractivity contribution in [2.45, 2.75) is 45.3 Å². The van der Waals surface area contributed by atoms with Gasteiger partial charge in [-0.25, -0.2) is 4.39 Å². The van der Waals surface area contributed by atoms with Crippen LogP contribution in [0.5, 0.6) is 5.75 Å². The number of nitrogens with zero attached hydrogens (tertiary/aromatic N) is 1. The van der Waals surface area contributed by atoms with Gasteiger partial charge in [0.25, 0.3) is 5.91 Å². The second-order valence-electron chi connectivity index (χ2n) is 7.19. The summed E-state index contributed by atoms with van der Waals surface area (Å²) in [4.78, 5) is 27.8. The lowest BCUT2D eigenvalue weighted by Crippen LogP contribution is -2.42. The molecule has 1 fully saturated rings. The average Bonchev–Trinajstić information content (AvgIpc) is 2.63. The lowest BCUT2D eigenvalue weighted by Gasteiger charge is -2.34. The molecular formula is C19H19F3N2O4. The molecule has 0 bridgehead atoms. The summed E-state index contributed by atoms with van der Waals surface area (Å²) in [7, 11) is 0. The smallest absolute Gasteiger partial charge is 0.387 e. The molecule has 150 valence electrons. The van der Waals surface area contributed by atoms with Crippen molar-refractivity contribution < 1.29 is 32.6 Å². The van der Waals surface area contributed by atoms with Crippen molar-refractivity contribution >= 4 is 22.8 Å². The summed E-state index contributed by atoms with van der Waals surface area (Å²) in [6, 6.07) is 3.29. The Balaban J connectivity index is 1.71. The van der Waals surface area contributed by atoms with Crippen molar-refractivity contribution in [1.29, 1.82) is 0 Å². The van der Waals surface area contributed by atoms with Crippen LogP contribution in [0, 0.1) is 11.2 Å². The van der Waals surface area contributed by atoms with Crippen LogP contribution in [0.25, 0.3) is 10.9 Å². The van der Waals surface area contributed by atoms with Crippen LogP contribution in [0.4, 0.5) is 13.2 Å². The van der Waals surface area contributed by atoms with Crippen molar-refractivity contribution in [2.75, 3.05) is 0 Å². The molecule has 28 heavy (non-hydrogen) atoms. The largest absolute Gasteiger partial charge is 0.481 e. The lowest BCUT2D eigenvalue weighted by atomic mass is 9.74. The Hall–Kier alpha value is -2.84. The second kappa shape index (κ2) is 7.65. The van der Waals surface area contributed by atoms with E-state index in [0.29, 0.717) is 25.7 Å². The number of carboxylic acids is 1. The highest BCUT2D eigenvalue weighted by molar-refractivity contribution is 5.97. The van der Waals surface area contributed by atoms with E-state index in [1.165, 1.54) is 12.3 Å². The van der Waals surface area contributed by atoms with Gasteiger partial charge in [-0.2, -0.15) is 8.78 Å². The number of hydrogen-bond acceptors (Lipinski definition) is 4. The number of ether oxygens (including phenoxy) is 1. The third-order valence-electron chi connectivity index (χ3n) is 5.15. The van der Waals surface area contributed by atoms with Gasteiger partial charge in [0.2, 0.25) is 0 Å². The van der Waals surface area contributed by atoms with Crippen molar-refractivity contribution in [3.05, 3.63) is 35.8 Å². The number of aliphatic carboxylic acids is 1. The molecule has 1 aliphatic rings. The van der Waals surface area contributed by atoms with Crippen LogP contribution >= 0.6 is 0 Å². The van der Waals surface area contributed by atoms with Crippen molar-refractivity contribution in [3.8, 4) is 5.75 Å². The average molecular weight is 396 g/mol. The SMILES string of the molecule is CC1(C(=O)O)CCC(NC(=O)c2cnc3cc(OC(F)F)c(F)cc3c2)CC1. The number of carbonyl (C=O) groups is 2. The van der Waals surface area contributed by atoms with Crippen molar-refractivity contribution in [2.24, 2.45) is 5.41 Å². The first kappa shape index (κ1) is 19.9. The zero-order valence-corrected chi connectivity index (χ0v) is 15.0. The van der Waals surface area contributed by atoms with Gasteiger partial charge < -0.3 is 15.2 Å². The molecule has 0 atom stereocenters. The zero-order chi connectivity index (χ0) is 20.5. The Labute approximate surface area is 158 Å². The third-order valence-corrected chi connectivity index (χ3v) is 5.15. The first-order chi connectivity index (χ1) is 13.2. The van der Waals surface area contributed by atoms with E-state index < -0.39 is 35.5 Å². The third kappa shape index (κ3) is 4.18. The molecule has 0 radical (unpaired) electrons. The number of rotatable bonds is 5. The Morgan fingerprint density at radius 3 is 2.57 bits per heavy atom. The standard InChI is InChI=1S/C19H19F3N2O4/c1-19(17(26)27)4-2-12(3-5-19)24-16(25)11-6-10-7-13(20)15(28-18(21)22)8-14(10)23-9-11/h6-9,12,18H,2-5H2,1H3,(H,24,25)(H,26,27). The van der Waals surface area contributed by atoms with Crippen LogP contribution in [0.2, 0.25) is 0 Å². The molecule has 0 saturated heterocycles. The molecule has 1 amide bonds. The molecule has 6 nitrogen and oxygen atoms in total. The molecule has 0 unspecified atom stereocenters. The van der Waals surface area contributed by atoms with Crippen molar-refractivity contribution in [1.82, 2.24) is 10.3 Å². The first-order valence-corrected chi connectivity index (χ1v) is 8.76. The van der Waals surface area contributed by atoms with Crippen LogP contribution in [-0.2, 0) is 4.79 Å². The van der Waals surface area contributed by atoms with E-state index in [2.05, 4.69) is 15.0 Å². The lowest BCUT2D eigenvalue weighted by molar-refractivity contribution is -0.150. The van der Waals surface area contributed by atoms with E-state index in [9.17, 15) is 27.9 Å². The molecule has 1 aromatic heterocycles. The molecule has 1 saturated carbocycles. The van der Waals surface area contributed by atoms with Crippen LogP contribution in [0.1, 0.15) is 43.0 Å². The number of carboxylic acid groups (broad SMARTS) is 1. The number of hydrogen-bond donors (Lipinski definition) is 2. The van der Waals surface area contributed by atoms with Gasteiger partial charge in [-0.15, -0.1) is 0 Å². The summed E-state index contributed by atoms with van der Waals surface area (Å²) in [6.07, 6.45) is 3.27. The monoisotopic (exact) mass is 396 g/mol. The van der Waals surface area contributed by atoms with Gasteiger partial charge in [-0.1, -0.05) is 0 Å². The summed E-state index contributed by atoms with van der Waals surface area (Å²) in [5.41, 5.74) is -0.370. The highest BCUT2D eigenvalue weighted by atomic mass is 19.3. The Bertz CT molecular complexity index is 911. The predicted octanol–water partition coefficient (Wildman–Crippen LogP) is 3.74. The molecule has 2 N–H and O–H groups in total. The number of nitrogens with one attached hydrogen (secondary N) is 1. The normalized spacial score (nSPS) is 22.2. The topological polar surface area (TPSA) is 88.5 Å². The van der Waals surface area contributed by atoms with Gasteiger partial charge in [0, 0.05) is 23.7 Å². The number of amides is 1. The van der Waals surface area contributed by atoms with E-state index in [4.69, 9.17) is 0 Å². The van der Waals surface area contributed by atoms with Gasteiger partial charge in [-0.3, -0.25) is 14.6 Å². The molecule has 9 heteroatoms. The summed E-state index contributed by atoms with van der Waals surface area (Å²) < 4.78 is 42.6. The Morgan fingerprint density at radius 1 is 1.29 bits per heavy atom. The Kier molecular flexibility index (Phi) is 5.44. The maximum absolute atomic E-state index is 13.9. The molecule has 0 aliphatic heterocycles. The van der Waals surface area contributed by atoms with E-state index in [-0.39, 0.29) is 22.5 Å². The van der Waals surface area contributed by atoms with Gasteiger partial charge in [-0.05, 0) is 44.7 Å². The van der Waals surface area contributed by atoms with Gasteiger partial charge in [0.05, 0.1) is 16.5 Å². The summed E-state index contributed by atoms with van der Waals surface area (Å²) in [6.45, 7) is -1.46. The fourth-order valence-corrected chi connectivity index (χ4v) is 3.32. The summed E-state index contributed by atoms with van der Waals surface area (Å²) in [5, 5.41) is 12.4. The summed E-state index contributed by atoms with van der Waals surface area (Å²) >= 11 is 0. The first-order valence-electron chi connectivity index (χ1n) is 8.76. The highest BCUT2D eigenvalue weighted by Gasteiger charge is 2.37.